The molecule has 2 heterocycles. The Bertz CT molecular complexity index is 411. The Morgan fingerprint density at radius 3 is 3.06 bits per heavy atom. The zero-order valence-electron chi connectivity index (χ0n) is 9.10. The molecule has 2 aromatic heterocycles. The maximum atomic E-state index is 5.14. The summed E-state index contributed by atoms with van der Waals surface area (Å²) in [6, 6.07) is 4.10. The lowest BCUT2D eigenvalue weighted by atomic mass is 10.3. The summed E-state index contributed by atoms with van der Waals surface area (Å²) in [6.07, 6.45) is 0.992. The second kappa shape index (κ2) is 5.98. The molecular formula is C11H14N2OS2. The number of hydrogen-bond acceptors (Lipinski definition) is 5. The third kappa shape index (κ3) is 3.30. The van der Waals surface area contributed by atoms with E-state index in [4.69, 9.17) is 4.74 Å². The van der Waals surface area contributed by atoms with Crippen molar-refractivity contribution in [1.82, 2.24) is 10.3 Å². The van der Waals surface area contributed by atoms with E-state index in [1.165, 1.54) is 10.6 Å². The van der Waals surface area contributed by atoms with Crippen LogP contribution in [-0.2, 0) is 13.0 Å². The summed E-state index contributed by atoms with van der Waals surface area (Å²) < 4.78 is 5.14. The number of hydrogen-bond donors (Lipinski definition) is 1. The predicted octanol–water partition coefficient (Wildman–Crippen LogP) is 2.55. The maximum absolute atomic E-state index is 5.14. The fourth-order valence-electron chi connectivity index (χ4n) is 1.35. The Labute approximate surface area is 103 Å². The summed E-state index contributed by atoms with van der Waals surface area (Å²) in [5.41, 5.74) is 3.04. The van der Waals surface area contributed by atoms with Crippen molar-refractivity contribution in [1.29, 1.82) is 0 Å². The van der Waals surface area contributed by atoms with Gasteiger partial charge in [0.25, 0.3) is 0 Å². The van der Waals surface area contributed by atoms with Gasteiger partial charge in [-0.05, 0) is 12.1 Å². The van der Waals surface area contributed by atoms with Crippen molar-refractivity contribution in [2.24, 2.45) is 0 Å². The molecule has 5 heteroatoms. The van der Waals surface area contributed by atoms with Crippen molar-refractivity contribution in [3.05, 3.63) is 33.6 Å². The van der Waals surface area contributed by atoms with E-state index in [-0.39, 0.29) is 0 Å². The van der Waals surface area contributed by atoms with E-state index >= 15 is 0 Å². The van der Waals surface area contributed by atoms with Gasteiger partial charge in [-0.3, -0.25) is 0 Å². The number of methoxy groups -OCH3 is 1. The molecule has 0 bridgehead atoms. The van der Waals surface area contributed by atoms with Gasteiger partial charge in [0.05, 0.1) is 18.3 Å². The standard InChI is InChI=1S/C11H14N2OS2/c1-14-11-3-2-10(16-11)6-12-5-4-9-7-15-8-13-9/h2-3,7-8,12H,4-6H2,1H3. The first-order valence-electron chi connectivity index (χ1n) is 5.09. The molecule has 2 rings (SSSR count). The first-order valence-corrected chi connectivity index (χ1v) is 6.85. The molecule has 0 aliphatic rings. The van der Waals surface area contributed by atoms with E-state index in [1.54, 1.807) is 29.8 Å². The van der Waals surface area contributed by atoms with Crippen LogP contribution in [0.2, 0.25) is 0 Å². The Hall–Kier alpha value is -0.910. The summed E-state index contributed by atoms with van der Waals surface area (Å²) in [5.74, 6) is 0. The van der Waals surface area contributed by atoms with Gasteiger partial charge in [0.2, 0.25) is 0 Å². The van der Waals surface area contributed by atoms with Crippen molar-refractivity contribution in [2.75, 3.05) is 13.7 Å². The smallest absolute Gasteiger partial charge is 0.173 e. The van der Waals surface area contributed by atoms with Crippen LogP contribution < -0.4 is 10.1 Å². The summed E-state index contributed by atoms with van der Waals surface area (Å²) in [7, 11) is 1.70. The molecule has 0 saturated heterocycles. The Morgan fingerprint density at radius 2 is 2.38 bits per heavy atom. The Balaban J connectivity index is 1.68. The fraction of sp³-hybridized carbons (Fsp3) is 0.364. The summed E-state index contributed by atoms with van der Waals surface area (Å²) >= 11 is 3.33. The summed E-state index contributed by atoms with van der Waals surface area (Å²) in [4.78, 5) is 5.54. The molecule has 16 heavy (non-hydrogen) atoms. The molecule has 0 aliphatic carbocycles. The fourth-order valence-corrected chi connectivity index (χ4v) is 2.73. The second-order valence-electron chi connectivity index (χ2n) is 3.33. The molecule has 1 N–H and O–H groups in total. The van der Waals surface area contributed by atoms with Crippen molar-refractivity contribution >= 4 is 22.7 Å². The third-order valence-electron chi connectivity index (χ3n) is 2.18. The molecule has 0 fully saturated rings. The zero-order valence-corrected chi connectivity index (χ0v) is 10.7. The van der Waals surface area contributed by atoms with Gasteiger partial charge >= 0.3 is 0 Å². The molecule has 0 saturated carbocycles. The molecule has 0 spiro atoms. The van der Waals surface area contributed by atoms with E-state index in [2.05, 4.69) is 21.7 Å². The number of rotatable bonds is 6. The van der Waals surface area contributed by atoms with Gasteiger partial charge in [-0.2, -0.15) is 0 Å². The van der Waals surface area contributed by atoms with E-state index in [0.29, 0.717) is 0 Å². The van der Waals surface area contributed by atoms with Gasteiger partial charge in [-0.15, -0.1) is 22.7 Å². The third-order valence-corrected chi connectivity index (χ3v) is 3.86. The SMILES string of the molecule is COc1ccc(CNCCc2cscn2)s1. The zero-order chi connectivity index (χ0) is 11.2. The van der Waals surface area contributed by atoms with E-state index in [9.17, 15) is 0 Å². The van der Waals surface area contributed by atoms with Crippen molar-refractivity contribution in [3.8, 4) is 5.06 Å². The van der Waals surface area contributed by atoms with Crippen molar-refractivity contribution in [3.63, 3.8) is 0 Å². The first-order chi connectivity index (χ1) is 7.88. The minimum Gasteiger partial charge on any atom is -0.487 e. The highest BCUT2D eigenvalue weighted by Gasteiger charge is 1.99. The molecule has 3 nitrogen and oxygen atoms in total. The molecule has 86 valence electrons. The van der Waals surface area contributed by atoms with Crippen LogP contribution in [0.5, 0.6) is 5.06 Å². The van der Waals surface area contributed by atoms with E-state index < -0.39 is 0 Å². The van der Waals surface area contributed by atoms with Crippen LogP contribution in [0.15, 0.2) is 23.0 Å². The minimum atomic E-state index is 0.901. The molecule has 0 aromatic carbocycles. The van der Waals surface area contributed by atoms with Gasteiger partial charge in [0, 0.05) is 29.8 Å². The molecule has 0 atom stereocenters. The van der Waals surface area contributed by atoms with Crippen molar-refractivity contribution in [2.45, 2.75) is 13.0 Å². The van der Waals surface area contributed by atoms with Gasteiger partial charge < -0.3 is 10.1 Å². The quantitative estimate of drug-likeness (QED) is 0.804. The van der Waals surface area contributed by atoms with Crippen LogP contribution in [0.3, 0.4) is 0 Å². The van der Waals surface area contributed by atoms with Crippen molar-refractivity contribution < 1.29 is 4.74 Å². The van der Waals surface area contributed by atoms with Gasteiger partial charge in [-0.25, -0.2) is 4.98 Å². The molecule has 0 unspecified atom stereocenters. The van der Waals surface area contributed by atoms with Crippen LogP contribution in [0.1, 0.15) is 10.6 Å². The number of nitrogens with one attached hydrogen (secondary N) is 1. The highest BCUT2D eigenvalue weighted by Crippen LogP contribution is 2.23. The Kier molecular flexibility index (Phi) is 4.33. The van der Waals surface area contributed by atoms with Crippen LogP contribution in [0.4, 0.5) is 0 Å². The minimum absolute atomic E-state index is 0.901. The Morgan fingerprint density at radius 1 is 1.44 bits per heavy atom. The number of aromatic nitrogens is 1. The summed E-state index contributed by atoms with van der Waals surface area (Å²) in [6.45, 7) is 1.86. The number of ether oxygens (including phenoxy) is 1. The highest BCUT2D eigenvalue weighted by molar-refractivity contribution is 7.13. The lowest BCUT2D eigenvalue weighted by molar-refractivity contribution is 0.427. The lowest BCUT2D eigenvalue weighted by Gasteiger charge is -2.00. The molecule has 0 aliphatic heterocycles. The first kappa shape index (κ1) is 11.6. The van der Waals surface area contributed by atoms with Crippen LogP contribution in [0, 0.1) is 0 Å². The van der Waals surface area contributed by atoms with Gasteiger partial charge in [0.15, 0.2) is 5.06 Å². The number of nitrogens with zero attached hydrogens (tertiary/aromatic N) is 1. The second-order valence-corrected chi connectivity index (χ2v) is 5.18. The van der Waals surface area contributed by atoms with Gasteiger partial charge in [0.1, 0.15) is 0 Å². The maximum Gasteiger partial charge on any atom is 0.173 e. The number of thiophene rings is 1. The van der Waals surface area contributed by atoms with Crippen LogP contribution in [-0.4, -0.2) is 18.6 Å². The van der Waals surface area contributed by atoms with E-state index in [1.807, 2.05) is 11.6 Å². The topological polar surface area (TPSA) is 34.1 Å². The summed E-state index contributed by atoms with van der Waals surface area (Å²) in [5, 5.41) is 6.46. The molecule has 0 radical (unpaired) electrons. The number of thiazole rings is 1. The van der Waals surface area contributed by atoms with Crippen LogP contribution >= 0.6 is 22.7 Å². The highest BCUT2D eigenvalue weighted by atomic mass is 32.1. The predicted molar refractivity (Wildman–Crippen MR) is 68.4 cm³/mol. The van der Waals surface area contributed by atoms with Crippen LogP contribution in [0.25, 0.3) is 0 Å². The monoisotopic (exact) mass is 254 g/mol. The lowest BCUT2D eigenvalue weighted by Crippen LogP contribution is -2.15. The molecule has 0 amide bonds. The van der Waals surface area contributed by atoms with E-state index in [0.717, 1.165) is 24.6 Å². The van der Waals surface area contributed by atoms with Gasteiger partial charge in [-0.1, -0.05) is 0 Å². The molecular weight excluding hydrogens is 240 g/mol. The average Bonchev–Trinajstić information content (AvgIpc) is 2.95. The largest absolute Gasteiger partial charge is 0.487 e. The average molecular weight is 254 g/mol. The molecule has 2 aromatic rings. The normalized spacial score (nSPS) is 10.6.